The molecule has 0 saturated heterocycles. The molecule has 4 rings (SSSR count). The van der Waals surface area contributed by atoms with Crippen LogP contribution in [0.2, 0.25) is 0 Å². The number of amides is 1. The van der Waals surface area contributed by atoms with Gasteiger partial charge < -0.3 is 20.5 Å². The molecule has 0 saturated carbocycles. The van der Waals surface area contributed by atoms with Crippen molar-refractivity contribution in [3.05, 3.63) is 65.7 Å². The fourth-order valence-electron chi connectivity index (χ4n) is 3.91. The number of nitrogens with one attached hydrogen (secondary N) is 2. The van der Waals surface area contributed by atoms with Crippen molar-refractivity contribution in [2.75, 3.05) is 17.7 Å². The van der Waals surface area contributed by atoms with Crippen LogP contribution < -0.4 is 15.4 Å². The summed E-state index contributed by atoms with van der Waals surface area (Å²) in [5.41, 5.74) is -1.70. The van der Waals surface area contributed by atoms with Gasteiger partial charge in [0.05, 0.1) is 13.2 Å². The van der Waals surface area contributed by atoms with Crippen LogP contribution in [0.1, 0.15) is 24.4 Å². The number of benzene rings is 2. The lowest BCUT2D eigenvalue weighted by Crippen LogP contribution is -2.54. The van der Waals surface area contributed by atoms with Gasteiger partial charge in [0.25, 0.3) is 0 Å². The molecule has 1 aliphatic rings. The van der Waals surface area contributed by atoms with Gasteiger partial charge in [0.15, 0.2) is 5.72 Å². The van der Waals surface area contributed by atoms with Crippen molar-refractivity contribution in [1.82, 2.24) is 14.8 Å². The second kappa shape index (κ2) is 8.03. The molecule has 3 aromatic rings. The first kappa shape index (κ1) is 22.5. The van der Waals surface area contributed by atoms with Crippen LogP contribution in [0.3, 0.4) is 0 Å². The van der Waals surface area contributed by atoms with Crippen molar-refractivity contribution in [3.63, 3.8) is 0 Å². The molecule has 3 atom stereocenters. The van der Waals surface area contributed by atoms with Crippen LogP contribution in [0.5, 0.6) is 5.75 Å². The van der Waals surface area contributed by atoms with Crippen molar-refractivity contribution in [2.24, 2.45) is 5.92 Å². The van der Waals surface area contributed by atoms with E-state index >= 15 is 0 Å². The number of anilines is 2. The number of aromatic nitrogens is 3. The van der Waals surface area contributed by atoms with Gasteiger partial charge in [-0.2, -0.15) is 13.2 Å². The quantitative estimate of drug-likeness (QED) is 0.510. The van der Waals surface area contributed by atoms with E-state index in [0.29, 0.717) is 15.9 Å². The Morgan fingerprint density at radius 1 is 1.15 bits per heavy atom. The van der Waals surface area contributed by atoms with Crippen LogP contribution in [-0.2, 0) is 16.7 Å². The molecule has 0 aliphatic carbocycles. The molecule has 0 radical (unpaired) electrons. The van der Waals surface area contributed by atoms with E-state index < -0.39 is 41.4 Å². The highest BCUT2D eigenvalue weighted by atomic mass is 19.4. The Bertz CT molecular complexity index is 1160. The number of alkyl halides is 3. The van der Waals surface area contributed by atoms with Crippen LogP contribution in [0.25, 0.3) is 0 Å². The zero-order valence-corrected chi connectivity index (χ0v) is 17.4. The number of hydrogen-bond acceptors (Lipinski definition) is 6. The molecule has 0 unspecified atom stereocenters. The van der Waals surface area contributed by atoms with Gasteiger partial charge in [-0.05, 0) is 48.9 Å². The molecule has 1 aliphatic heterocycles. The van der Waals surface area contributed by atoms with Crippen molar-refractivity contribution in [3.8, 4) is 5.75 Å². The highest BCUT2D eigenvalue weighted by Gasteiger charge is 2.54. The second-order valence-electron chi connectivity index (χ2n) is 7.64. The molecule has 33 heavy (non-hydrogen) atoms. The number of fused-ring (bicyclic) bond motifs is 1. The lowest BCUT2D eigenvalue weighted by atomic mass is 9.82. The smallest absolute Gasteiger partial charge is 0.451 e. The average molecular weight is 465 g/mol. The zero-order valence-electron chi connectivity index (χ0n) is 17.4. The summed E-state index contributed by atoms with van der Waals surface area (Å²) in [5.74, 6) is -4.08. The van der Waals surface area contributed by atoms with Gasteiger partial charge in [-0.3, -0.25) is 9.36 Å². The third-order valence-electron chi connectivity index (χ3n) is 5.45. The number of hydrogen-bond donors (Lipinski definition) is 3. The van der Waals surface area contributed by atoms with Gasteiger partial charge in [-0.15, -0.1) is 10.2 Å². The summed E-state index contributed by atoms with van der Waals surface area (Å²) < 4.78 is 59.5. The lowest BCUT2D eigenvalue weighted by molar-refractivity contribution is -0.168. The second-order valence-corrected chi connectivity index (χ2v) is 7.64. The maximum absolute atomic E-state index is 13.6. The van der Waals surface area contributed by atoms with Gasteiger partial charge in [0.2, 0.25) is 17.7 Å². The average Bonchev–Trinajstić information content (AvgIpc) is 3.21. The highest BCUT2D eigenvalue weighted by Crippen LogP contribution is 2.45. The largest absolute Gasteiger partial charge is 0.497 e. The molecular weight excluding hydrogens is 446 g/mol. The molecule has 3 N–H and O–H groups in total. The van der Waals surface area contributed by atoms with Crippen molar-refractivity contribution < 1.29 is 32.2 Å². The Kier molecular flexibility index (Phi) is 5.48. The van der Waals surface area contributed by atoms with Crippen molar-refractivity contribution >= 4 is 17.5 Å². The van der Waals surface area contributed by atoms with Gasteiger partial charge in [0, 0.05) is 5.69 Å². The number of ether oxygens (including phenoxy) is 1. The van der Waals surface area contributed by atoms with E-state index in [2.05, 4.69) is 20.8 Å². The molecule has 174 valence electrons. The van der Waals surface area contributed by atoms with E-state index in [9.17, 15) is 27.5 Å². The van der Waals surface area contributed by atoms with Gasteiger partial charge >= 0.3 is 6.18 Å². The summed E-state index contributed by atoms with van der Waals surface area (Å²) in [4.78, 5) is 13.3. The van der Waals surface area contributed by atoms with Gasteiger partial charge in [-0.25, -0.2) is 4.39 Å². The normalized spacial score (nSPS) is 22.3. The van der Waals surface area contributed by atoms with Crippen LogP contribution >= 0.6 is 0 Å². The van der Waals surface area contributed by atoms with Gasteiger partial charge in [0.1, 0.15) is 17.5 Å². The first-order valence-electron chi connectivity index (χ1n) is 9.74. The molecule has 0 spiro atoms. The summed E-state index contributed by atoms with van der Waals surface area (Å²) in [6, 6.07) is 10.3. The summed E-state index contributed by atoms with van der Waals surface area (Å²) in [6.45, 7) is 1.08. The molecule has 2 heterocycles. The maximum atomic E-state index is 13.6. The molecule has 2 aromatic carbocycles. The fraction of sp³-hybridized carbons (Fsp3) is 0.286. The molecular formula is C21H19F4N5O3. The summed E-state index contributed by atoms with van der Waals surface area (Å²) >= 11 is 0. The predicted octanol–water partition coefficient (Wildman–Crippen LogP) is 3.53. The number of nitrogens with zero attached hydrogens (tertiary/aromatic N) is 3. The molecule has 1 amide bonds. The van der Waals surface area contributed by atoms with Crippen LogP contribution in [0, 0.1) is 11.7 Å². The third kappa shape index (κ3) is 4.09. The molecule has 8 nitrogen and oxygen atoms in total. The number of carbonyl (C=O) groups excluding carboxylic acids is 1. The first-order chi connectivity index (χ1) is 15.5. The van der Waals surface area contributed by atoms with Gasteiger partial charge in [-0.1, -0.05) is 12.1 Å². The van der Waals surface area contributed by atoms with E-state index in [1.807, 2.05) is 0 Å². The fourth-order valence-corrected chi connectivity index (χ4v) is 3.91. The van der Waals surface area contributed by atoms with E-state index in [4.69, 9.17) is 4.74 Å². The van der Waals surface area contributed by atoms with E-state index in [-0.39, 0.29) is 11.6 Å². The number of aliphatic hydroxyl groups is 1. The Balaban J connectivity index is 1.81. The molecule has 1 aromatic heterocycles. The number of halogens is 4. The van der Waals surface area contributed by atoms with Crippen LogP contribution in [0.15, 0.2) is 48.5 Å². The highest BCUT2D eigenvalue weighted by molar-refractivity contribution is 5.94. The lowest BCUT2D eigenvalue weighted by Gasteiger charge is -2.43. The summed E-state index contributed by atoms with van der Waals surface area (Å²) in [5, 5.41) is 23.4. The summed E-state index contributed by atoms with van der Waals surface area (Å²) in [6.07, 6.45) is -4.93. The minimum atomic E-state index is -4.93. The topological polar surface area (TPSA) is 101 Å². The summed E-state index contributed by atoms with van der Waals surface area (Å²) in [7, 11) is 1.47. The Morgan fingerprint density at radius 2 is 1.79 bits per heavy atom. The third-order valence-corrected chi connectivity index (χ3v) is 5.45. The van der Waals surface area contributed by atoms with Crippen LogP contribution in [0.4, 0.5) is 29.2 Å². The van der Waals surface area contributed by atoms with E-state index in [1.165, 1.54) is 19.2 Å². The number of rotatable bonds is 4. The number of methoxy groups -OCH3 is 1. The monoisotopic (exact) mass is 465 g/mol. The SMILES string of the molecule is COc1ccc([C@@H]2Nc3nnc(C(F)(F)F)n3[C@@](C)(O)[C@@H]2C(=O)Nc2ccc(F)cc2)cc1. The minimum Gasteiger partial charge on any atom is -0.497 e. The predicted molar refractivity (Wildman–Crippen MR) is 109 cm³/mol. The van der Waals surface area contributed by atoms with E-state index in [0.717, 1.165) is 19.1 Å². The van der Waals surface area contributed by atoms with Crippen LogP contribution in [-0.4, -0.2) is 32.9 Å². The molecule has 0 fully saturated rings. The minimum absolute atomic E-state index is 0.205. The molecule has 12 heteroatoms. The first-order valence-corrected chi connectivity index (χ1v) is 9.74. The van der Waals surface area contributed by atoms with Crippen molar-refractivity contribution in [1.29, 1.82) is 0 Å². The number of carbonyl (C=O) groups is 1. The Morgan fingerprint density at radius 3 is 2.36 bits per heavy atom. The maximum Gasteiger partial charge on any atom is 0.451 e. The zero-order chi connectivity index (χ0) is 24.0. The van der Waals surface area contributed by atoms with E-state index in [1.54, 1.807) is 24.3 Å². The standard InChI is InChI=1S/C21H19F4N5O3/c1-20(32)15(17(31)26-13-7-5-12(22)6-8-13)16(11-3-9-14(33-2)10-4-11)27-19-29-28-18(30(19)20)21(23,24)25/h3-10,15-16,32H,1-2H3,(H,26,31)(H,27,29)/t15-,16-,20-/m0/s1. The Hall–Kier alpha value is -3.67. The van der Waals surface area contributed by atoms with Crippen molar-refractivity contribution in [2.45, 2.75) is 24.9 Å². The Labute approximate surface area is 185 Å². The molecule has 0 bridgehead atoms.